The number of esters is 1. The standard InChI is InChI=1S/C23H26N2O7S/c1-30-20-9-8-18(15-21(20)33(28,29)24-11-13-31-14-12-24)23(27)32-16-22(26)25-10-4-6-17-5-2-3-7-19(17)25/h2-3,5,7-9,15H,4,6,10-14,16H2,1H3. The van der Waals surface area contributed by atoms with Crippen LogP contribution in [-0.4, -0.2) is 71.2 Å². The minimum atomic E-state index is -3.90. The van der Waals surface area contributed by atoms with Crippen molar-refractivity contribution in [1.29, 1.82) is 0 Å². The first-order chi connectivity index (χ1) is 15.9. The van der Waals surface area contributed by atoms with Gasteiger partial charge in [0.1, 0.15) is 10.6 Å². The van der Waals surface area contributed by atoms with E-state index in [9.17, 15) is 18.0 Å². The quantitative estimate of drug-likeness (QED) is 0.589. The Morgan fingerprint density at radius 3 is 2.58 bits per heavy atom. The highest BCUT2D eigenvalue weighted by Gasteiger charge is 2.30. The van der Waals surface area contributed by atoms with Crippen LogP contribution >= 0.6 is 0 Å². The number of sulfonamides is 1. The van der Waals surface area contributed by atoms with Crippen LogP contribution < -0.4 is 9.64 Å². The summed E-state index contributed by atoms with van der Waals surface area (Å²) in [7, 11) is -2.54. The Bertz CT molecular complexity index is 1140. The third-order valence-electron chi connectivity index (χ3n) is 5.73. The summed E-state index contributed by atoms with van der Waals surface area (Å²) in [5.41, 5.74) is 1.93. The number of aryl methyl sites for hydroxylation is 1. The van der Waals surface area contributed by atoms with Crippen molar-refractivity contribution in [3.63, 3.8) is 0 Å². The van der Waals surface area contributed by atoms with E-state index in [0.717, 1.165) is 24.1 Å². The van der Waals surface area contributed by atoms with Crippen molar-refractivity contribution in [1.82, 2.24) is 4.31 Å². The van der Waals surface area contributed by atoms with Crippen LogP contribution in [-0.2, 0) is 30.7 Å². The van der Waals surface area contributed by atoms with Crippen LogP contribution in [0.15, 0.2) is 47.4 Å². The lowest BCUT2D eigenvalue weighted by Crippen LogP contribution is -2.40. The SMILES string of the molecule is COc1ccc(C(=O)OCC(=O)N2CCCc3ccccc32)cc1S(=O)(=O)N1CCOCC1. The molecule has 10 heteroatoms. The third kappa shape index (κ3) is 4.87. The molecule has 2 aliphatic rings. The summed E-state index contributed by atoms with van der Waals surface area (Å²) >= 11 is 0. The first kappa shape index (κ1) is 23.2. The van der Waals surface area contributed by atoms with E-state index in [-0.39, 0.29) is 35.2 Å². The monoisotopic (exact) mass is 474 g/mol. The molecule has 1 amide bonds. The maximum absolute atomic E-state index is 13.1. The normalized spacial score (nSPS) is 16.7. The van der Waals surface area contributed by atoms with Gasteiger partial charge in [0.2, 0.25) is 10.0 Å². The molecule has 2 heterocycles. The Morgan fingerprint density at radius 2 is 1.82 bits per heavy atom. The molecule has 0 bridgehead atoms. The molecule has 1 fully saturated rings. The second kappa shape index (κ2) is 9.90. The van der Waals surface area contributed by atoms with Crippen molar-refractivity contribution in [2.45, 2.75) is 17.7 Å². The molecule has 4 rings (SSSR count). The lowest BCUT2D eigenvalue weighted by molar-refractivity contribution is -0.121. The summed E-state index contributed by atoms with van der Waals surface area (Å²) in [5, 5.41) is 0. The molecule has 1 saturated heterocycles. The Morgan fingerprint density at radius 1 is 1.06 bits per heavy atom. The van der Waals surface area contributed by atoms with Gasteiger partial charge in [0.05, 0.1) is 25.9 Å². The van der Waals surface area contributed by atoms with Gasteiger partial charge in [0.15, 0.2) is 6.61 Å². The zero-order valence-electron chi connectivity index (χ0n) is 18.4. The number of nitrogens with zero attached hydrogens (tertiary/aromatic N) is 2. The molecular formula is C23H26N2O7S. The molecule has 0 saturated carbocycles. The largest absolute Gasteiger partial charge is 0.495 e. The summed E-state index contributed by atoms with van der Waals surface area (Å²) < 4.78 is 43.2. The van der Waals surface area contributed by atoms with Gasteiger partial charge >= 0.3 is 5.97 Å². The predicted molar refractivity (Wildman–Crippen MR) is 120 cm³/mol. The smallest absolute Gasteiger partial charge is 0.338 e. The maximum Gasteiger partial charge on any atom is 0.338 e. The van der Waals surface area contributed by atoms with E-state index in [0.29, 0.717) is 19.8 Å². The average molecular weight is 475 g/mol. The van der Waals surface area contributed by atoms with Crippen molar-refractivity contribution in [2.75, 3.05) is 51.5 Å². The van der Waals surface area contributed by atoms with Gasteiger partial charge in [-0.3, -0.25) is 4.79 Å². The molecule has 0 radical (unpaired) electrons. The maximum atomic E-state index is 13.1. The molecule has 2 aromatic carbocycles. The fourth-order valence-electron chi connectivity index (χ4n) is 4.01. The zero-order chi connectivity index (χ0) is 23.4. The highest BCUT2D eigenvalue weighted by Crippen LogP contribution is 2.29. The predicted octanol–water partition coefficient (Wildman–Crippen LogP) is 1.85. The summed E-state index contributed by atoms with van der Waals surface area (Å²) in [6.07, 6.45) is 1.73. The third-order valence-corrected chi connectivity index (χ3v) is 7.65. The summed E-state index contributed by atoms with van der Waals surface area (Å²) in [6, 6.07) is 11.7. The van der Waals surface area contributed by atoms with Crippen molar-refractivity contribution in [3.05, 3.63) is 53.6 Å². The molecule has 176 valence electrons. The van der Waals surface area contributed by atoms with Gasteiger partial charge in [-0.25, -0.2) is 13.2 Å². The van der Waals surface area contributed by atoms with Crippen LogP contribution in [0.5, 0.6) is 5.75 Å². The van der Waals surface area contributed by atoms with E-state index >= 15 is 0 Å². The zero-order valence-corrected chi connectivity index (χ0v) is 19.2. The van der Waals surface area contributed by atoms with E-state index in [1.165, 1.54) is 29.6 Å². The van der Waals surface area contributed by atoms with Gasteiger partial charge < -0.3 is 19.1 Å². The van der Waals surface area contributed by atoms with Gasteiger partial charge in [-0.15, -0.1) is 0 Å². The van der Waals surface area contributed by atoms with E-state index in [4.69, 9.17) is 14.2 Å². The number of fused-ring (bicyclic) bond motifs is 1. The highest BCUT2D eigenvalue weighted by molar-refractivity contribution is 7.89. The number of methoxy groups -OCH3 is 1. The van der Waals surface area contributed by atoms with Gasteiger partial charge in [0.25, 0.3) is 5.91 Å². The number of ether oxygens (including phenoxy) is 3. The second-order valence-corrected chi connectivity index (χ2v) is 9.64. The molecule has 2 aliphatic heterocycles. The topological polar surface area (TPSA) is 102 Å². The lowest BCUT2D eigenvalue weighted by atomic mass is 10.0. The lowest BCUT2D eigenvalue weighted by Gasteiger charge is -2.29. The highest BCUT2D eigenvalue weighted by atomic mass is 32.2. The van der Waals surface area contributed by atoms with Gasteiger partial charge in [-0.05, 0) is 42.7 Å². The van der Waals surface area contributed by atoms with E-state index in [2.05, 4.69) is 0 Å². The summed E-state index contributed by atoms with van der Waals surface area (Å²) in [5.74, 6) is -0.987. The first-order valence-corrected chi connectivity index (χ1v) is 12.2. The van der Waals surface area contributed by atoms with E-state index < -0.39 is 22.6 Å². The van der Waals surface area contributed by atoms with Crippen LogP contribution in [0.2, 0.25) is 0 Å². The Kier molecular flexibility index (Phi) is 6.96. The molecule has 2 aromatic rings. The number of hydrogen-bond donors (Lipinski definition) is 0. The molecule has 0 unspecified atom stereocenters. The minimum absolute atomic E-state index is 0.0227. The van der Waals surface area contributed by atoms with Crippen molar-refractivity contribution in [2.24, 2.45) is 0 Å². The van der Waals surface area contributed by atoms with E-state index in [1.54, 1.807) is 4.90 Å². The van der Waals surface area contributed by atoms with Crippen LogP contribution in [0.3, 0.4) is 0 Å². The molecule has 0 aromatic heterocycles. The molecule has 33 heavy (non-hydrogen) atoms. The van der Waals surface area contributed by atoms with Crippen LogP contribution in [0.25, 0.3) is 0 Å². The number of benzene rings is 2. The molecule has 0 atom stereocenters. The number of morpholine rings is 1. The fraction of sp³-hybridized carbons (Fsp3) is 0.391. The van der Waals surface area contributed by atoms with E-state index in [1.807, 2.05) is 24.3 Å². The number of hydrogen-bond acceptors (Lipinski definition) is 7. The van der Waals surface area contributed by atoms with Crippen LogP contribution in [0, 0.1) is 0 Å². The van der Waals surface area contributed by atoms with Gasteiger partial charge in [-0.2, -0.15) is 4.31 Å². The Hall–Kier alpha value is -2.95. The van der Waals surface area contributed by atoms with Gasteiger partial charge in [-0.1, -0.05) is 18.2 Å². The first-order valence-electron chi connectivity index (χ1n) is 10.7. The molecule has 0 aliphatic carbocycles. The Labute approximate surface area is 192 Å². The second-order valence-electron chi connectivity index (χ2n) is 7.74. The van der Waals surface area contributed by atoms with Gasteiger partial charge in [0, 0.05) is 25.3 Å². The number of carbonyl (C=O) groups excluding carboxylic acids is 2. The van der Waals surface area contributed by atoms with Crippen LogP contribution in [0.4, 0.5) is 5.69 Å². The number of anilines is 1. The van der Waals surface area contributed by atoms with Crippen molar-refractivity contribution < 1.29 is 32.2 Å². The minimum Gasteiger partial charge on any atom is -0.495 e. The van der Waals surface area contributed by atoms with Crippen molar-refractivity contribution >= 4 is 27.6 Å². The number of carbonyl (C=O) groups is 2. The molecule has 0 spiro atoms. The Balaban J connectivity index is 1.49. The molecule has 9 nitrogen and oxygen atoms in total. The fourth-order valence-corrected chi connectivity index (χ4v) is 5.60. The number of para-hydroxylation sites is 1. The summed E-state index contributed by atoms with van der Waals surface area (Å²) in [6.45, 7) is 1.14. The summed E-state index contributed by atoms with van der Waals surface area (Å²) in [4.78, 5) is 26.9. The molecule has 0 N–H and O–H groups in total. The average Bonchev–Trinajstić information content (AvgIpc) is 2.86. The van der Waals surface area contributed by atoms with Crippen molar-refractivity contribution in [3.8, 4) is 5.75 Å². The van der Waals surface area contributed by atoms with Crippen LogP contribution in [0.1, 0.15) is 22.3 Å². The number of amides is 1. The number of rotatable bonds is 6. The molecular weight excluding hydrogens is 448 g/mol.